The topological polar surface area (TPSA) is 26.3 Å². The predicted octanol–water partition coefficient (Wildman–Crippen LogP) is 11.9. The van der Waals surface area contributed by atoms with Crippen molar-refractivity contribution in [1.29, 1.82) is 0 Å². The van der Waals surface area contributed by atoms with E-state index < -0.39 is 0 Å². The van der Waals surface area contributed by atoms with Crippen LogP contribution in [0.2, 0.25) is 0 Å². The van der Waals surface area contributed by atoms with Crippen molar-refractivity contribution in [3.8, 4) is 0 Å². The van der Waals surface area contributed by atoms with E-state index >= 15 is 0 Å². The van der Waals surface area contributed by atoms with Gasteiger partial charge in [0.2, 0.25) is 0 Å². The first kappa shape index (κ1) is 24.7. The van der Waals surface area contributed by atoms with E-state index in [0.717, 1.165) is 22.3 Å². The minimum atomic E-state index is 0.978. The Kier molecular flexibility index (Phi) is 5.42. The minimum Gasteiger partial charge on any atom is -0.456 e. The smallest absolute Gasteiger partial charge is 0.136 e. The van der Waals surface area contributed by atoms with Crippen molar-refractivity contribution >= 4 is 76.2 Å². The Bertz CT molecular complexity index is 2410. The second-order valence-electron chi connectivity index (χ2n) is 11.5. The Morgan fingerprint density at radius 1 is 0.333 bits per heavy atom. The summed E-state index contributed by atoms with van der Waals surface area (Å²) in [5.74, 6) is 0. The molecule has 202 valence electrons. The Morgan fingerprint density at radius 3 is 1.19 bits per heavy atom. The van der Waals surface area contributed by atoms with E-state index in [0.29, 0.717) is 0 Å². The van der Waals surface area contributed by atoms with Crippen molar-refractivity contribution in [1.82, 2.24) is 0 Å². The summed E-state index contributed by atoms with van der Waals surface area (Å²) in [6, 6.07) is 38.7. The summed E-state index contributed by atoms with van der Waals surface area (Å²) in [7, 11) is 0. The van der Waals surface area contributed by atoms with Crippen LogP contribution in [0.15, 0.2) is 118 Å². The quantitative estimate of drug-likeness (QED) is 0.190. The summed E-state index contributed by atoms with van der Waals surface area (Å²) in [5.41, 5.74) is 8.93. The second-order valence-corrected chi connectivity index (χ2v) is 11.5. The lowest BCUT2D eigenvalue weighted by atomic mass is 9.96. The summed E-state index contributed by atoms with van der Waals surface area (Å²) in [4.78, 5) is 0. The minimum absolute atomic E-state index is 0.978. The number of fused-ring (bicyclic) bond motifs is 12. The van der Waals surface area contributed by atoms with Gasteiger partial charge in [-0.15, -0.1) is 0 Å². The first-order valence-corrected chi connectivity index (χ1v) is 14.5. The molecule has 9 aromatic rings. The number of benzene rings is 7. The molecule has 0 amide bonds. The zero-order valence-electron chi connectivity index (χ0n) is 24.2. The van der Waals surface area contributed by atoms with Crippen molar-refractivity contribution in [3.05, 3.63) is 131 Å². The Morgan fingerprint density at radius 2 is 0.714 bits per heavy atom. The highest BCUT2D eigenvalue weighted by Gasteiger charge is 2.16. The van der Waals surface area contributed by atoms with Gasteiger partial charge >= 0.3 is 0 Å². The molecule has 42 heavy (non-hydrogen) atoms. The molecule has 0 saturated heterocycles. The molecule has 0 spiro atoms. The first-order chi connectivity index (χ1) is 20.5. The van der Waals surface area contributed by atoms with Crippen molar-refractivity contribution in [2.45, 2.75) is 27.7 Å². The fourth-order valence-electron chi connectivity index (χ4n) is 6.77. The second kappa shape index (κ2) is 9.22. The van der Waals surface area contributed by atoms with Crippen LogP contribution in [0.4, 0.5) is 0 Å². The van der Waals surface area contributed by atoms with E-state index in [9.17, 15) is 0 Å². The summed E-state index contributed by atoms with van der Waals surface area (Å²) in [6.45, 7) is 8.53. The molecule has 0 aliphatic rings. The maximum absolute atomic E-state index is 6.23. The van der Waals surface area contributed by atoms with Gasteiger partial charge in [-0.3, -0.25) is 0 Å². The third-order valence-corrected chi connectivity index (χ3v) is 8.74. The molecular formula is C40H30O2. The molecular weight excluding hydrogens is 512 g/mol. The zero-order chi connectivity index (χ0) is 28.5. The van der Waals surface area contributed by atoms with Gasteiger partial charge in [0, 0.05) is 21.5 Å². The molecule has 2 heteroatoms. The highest BCUT2D eigenvalue weighted by Crippen LogP contribution is 2.41. The predicted molar refractivity (Wildman–Crippen MR) is 179 cm³/mol. The number of rotatable bonds is 0. The van der Waals surface area contributed by atoms with Crippen LogP contribution in [0.25, 0.3) is 76.2 Å². The highest BCUT2D eigenvalue weighted by atomic mass is 16.3. The van der Waals surface area contributed by atoms with Gasteiger partial charge in [-0.25, -0.2) is 0 Å². The van der Waals surface area contributed by atoms with Gasteiger partial charge in [0.15, 0.2) is 0 Å². The number of hydrogen-bond acceptors (Lipinski definition) is 2. The molecule has 7 aromatic carbocycles. The molecule has 2 aromatic heterocycles. The standard InChI is InChI=1S/C22H16O.C18H14O/c1-13-11-19-21(17-9-5-3-7-15(13)17)22-18-10-6-4-8-16(18)14(2)12-20(22)23-19;1-11-7-8-15-16(9-11)19-17-10-12(2)13-5-3-4-6-14(13)18(15)17/h3-12H,1-2H3;3-10H,1-2H3. The van der Waals surface area contributed by atoms with Gasteiger partial charge in [0.25, 0.3) is 0 Å². The van der Waals surface area contributed by atoms with Crippen molar-refractivity contribution in [2.75, 3.05) is 0 Å². The molecule has 0 aliphatic heterocycles. The zero-order valence-corrected chi connectivity index (χ0v) is 24.2. The molecule has 0 radical (unpaired) electrons. The monoisotopic (exact) mass is 542 g/mol. The molecule has 0 unspecified atom stereocenters. The van der Waals surface area contributed by atoms with Gasteiger partial charge in [-0.05, 0) is 107 Å². The van der Waals surface area contributed by atoms with Crippen LogP contribution in [-0.2, 0) is 0 Å². The Labute approximate surface area is 243 Å². The maximum atomic E-state index is 6.23. The summed E-state index contributed by atoms with van der Waals surface area (Å²) in [6.07, 6.45) is 0. The van der Waals surface area contributed by atoms with E-state index in [1.54, 1.807) is 0 Å². The van der Waals surface area contributed by atoms with Gasteiger partial charge in [0.05, 0.1) is 0 Å². The van der Waals surface area contributed by atoms with E-state index in [2.05, 4.69) is 137 Å². The molecule has 9 rings (SSSR count). The number of furan rings is 2. The Balaban J connectivity index is 0.000000129. The lowest BCUT2D eigenvalue weighted by Gasteiger charge is -2.05. The number of hydrogen-bond donors (Lipinski definition) is 0. The average Bonchev–Trinajstić information content (AvgIpc) is 3.55. The third kappa shape index (κ3) is 3.65. The van der Waals surface area contributed by atoms with Crippen LogP contribution >= 0.6 is 0 Å². The van der Waals surface area contributed by atoms with Crippen LogP contribution in [0.3, 0.4) is 0 Å². The lowest BCUT2D eigenvalue weighted by Crippen LogP contribution is -1.82. The molecule has 2 nitrogen and oxygen atoms in total. The normalized spacial score (nSPS) is 11.8. The fourth-order valence-corrected chi connectivity index (χ4v) is 6.77. The number of aryl methyl sites for hydroxylation is 4. The van der Waals surface area contributed by atoms with Crippen molar-refractivity contribution in [3.63, 3.8) is 0 Å². The Hall–Kier alpha value is -5.08. The maximum Gasteiger partial charge on any atom is 0.136 e. The van der Waals surface area contributed by atoms with Gasteiger partial charge < -0.3 is 8.83 Å². The van der Waals surface area contributed by atoms with Gasteiger partial charge in [0.1, 0.15) is 22.3 Å². The van der Waals surface area contributed by atoms with Crippen LogP contribution in [0, 0.1) is 27.7 Å². The molecule has 0 saturated carbocycles. The van der Waals surface area contributed by atoms with Crippen LogP contribution < -0.4 is 0 Å². The van der Waals surface area contributed by atoms with Crippen LogP contribution in [0.1, 0.15) is 22.3 Å². The van der Waals surface area contributed by atoms with E-state index in [1.807, 2.05) is 0 Å². The molecule has 0 atom stereocenters. The van der Waals surface area contributed by atoms with Gasteiger partial charge in [-0.1, -0.05) is 84.9 Å². The first-order valence-electron chi connectivity index (χ1n) is 14.5. The van der Waals surface area contributed by atoms with E-state index in [-0.39, 0.29) is 0 Å². The summed E-state index contributed by atoms with van der Waals surface area (Å²) < 4.78 is 12.3. The molecule has 0 bridgehead atoms. The summed E-state index contributed by atoms with van der Waals surface area (Å²) in [5, 5.41) is 12.6. The largest absolute Gasteiger partial charge is 0.456 e. The van der Waals surface area contributed by atoms with Crippen molar-refractivity contribution < 1.29 is 8.83 Å². The van der Waals surface area contributed by atoms with E-state index in [1.165, 1.54) is 76.1 Å². The highest BCUT2D eigenvalue weighted by molar-refractivity contribution is 6.27. The molecule has 0 fully saturated rings. The SMILES string of the molecule is Cc1cc2oc3cc(C)c4ccccc4c3c2c2ccccc12.Cc1ccc2c(c1)oc1cc(C)c3ccccc3c12. The van der Waals surface area contributed by atoms with Crippen molar-refractivity contribution in [2.24, 2.45) is 0 Å². The van der Waals surface area contributed by atoms with Crippen LogP contribution in [-0.4, -0.2) is 0 Å². The molecule has 0 N–H and O–H groups in total. The molecule has 2 heterocycles. The van der Waals surface area contributed by atoms with E-state index in [4.69, 9.17) is 8.83 Å². The average molecular weight is 543 g/mol. The fraction of sp³-hybridized carbons (Fsp3) is 0.100. The lowest BCUT2D eigenvalue weighted by molar-refractivity contribution is 0.668. The van der Waals surface area contributed by atoms with Gasteiger partial charge in [-0.2, -0.15) is 0 Å². The summed E-state index contributed by atoms with van der Waals surface area (Å²) >= 11 is 0. The third-order valence-electron chi connectivity index (χ3n) is 8.74. The van der Waals surface area contributed by atoms with Crippen LogP contribution in [0.5, 0.6) is 0 Å². The molecule has 0 aliphatic carbocycles.